The van der Waals surface area contributed by atoms with E-state index in [-0.39, 0.29) is 0 Å². The molecule has 1 aromatic heterocycles. The van der Waals surface area contributed by atoms with Gasteiger partial charge in [-0.05, 0) is 13.2 Å². The van der Waals surface area contributed by atoms with Gasteiger partial charge in [0.05, 0.1) is 6.61 Å². The number of rotatable bonds is 3. The van der Waals surface area contributed by atoms with Crippen LogP contribution in [0.1, 0.15) is 6.92 Å². The fraction of sp³-hybridized carbons (Fsp3) is 0.429. The van der Waals surface area contributed by atoms with Crippen LogP contribution >= 0.6 is 11.8 Å². The topological polar surface area (TPSA) is 35.0 Å². The standard InChI is InChI=1S/C7H10N2OS/c1-3-10-6-4-5-8-7(9-6)11-2/h4-5H,3H2,1-2H3. The highest BCUT2D eigenvalue weighted by Gasteiger charge is 1.95. The van der Waals surface area contributed by atoms with Crippen LogP contribution in [0.2, 0.25) is 0 Å². The second kappa shape index (κ2) is 4.18. The molecule has 0 bridgehead atoms. The van der Waals surface area contributed by atoms with E-state index in [1.807, 2.05) is 13.2 Å². The third kappa shape index (κ3) is 2.38. The van der Waals surface area contributed by atoms with Crippen molar-refractivity contribution in [2.24, 2.45) is 0 Å². The van der Waals surface area contributed by atoms with Crippen molar-refractivity contribution in [1.29, 1.82) is 0 Å². The summed E-state index contributed by atoms with van der Waals surface area (Å²) < 4.78 is 5.18. The molecular weight excluding hydrogens is 160 g/mol. The fourth-order valence-electron chi connectivity index (χ4n) is 0.652. The quantitative estimate of drug-likeness (QED) is 0.510. The maximum absolute atomic E-state index is 5.18. The summed E-state index contributed by atoms with van der Waals surface area (Å²) in [7, 11) is 0. The summed E-state index contributed by atoms with van der Waals surface area (Å²) in [5, 5.41) is 0.746. The molecule has 0 saturated carbocycles. The van der Waals surface area contributed by atoms with Gasteiger partial charge in [-0.15, -0.1) is 0 Å². The van der Waals surface area contributed by atoms with Crippen LogP contribution in [0, 0.1) is 0 Å². The molecule has 0 spiro atoms. The maximum Gasteiger partial charge on any atom is 0.217 e. The smallest absolute Gasteiger partial charge is 0.217 e. The summed E-state index contributed by atoms with van der Waals surface area (Å²) in [6.45, 7) is 2.58. The molecule has 60 valence electrons. The molecule has 1 rings (SSSR count). The van der Waals surface area contributed by atoms with Crippen LogP contribution in [-0.2, 0) is 0 Å². The molecular formula is C7H10N2OS. The Morgan fingerprint density at radius 1 is 1.64 bits per heavy atom. The first-order chi connectivity index (χ1) is 5.36. The van der Waals surface area contributed by atoms with E-state index in [1.54, 1.807) is 12.3 Å². The molecule has 11 heavy (non-hydrogen) atoms. The van der Waals surface area contributed by atoms with Crippen molar-refractivity contribution >= 4 is 11.8 Å². The van der Waals surface area contributed by atoms with E-state index in [0.29, 0.717) is 12.5 Å². The van der Waals surface area contributed by atoms with Gasteiger partial charge in [-0.25, -0.2) is 4.98 Å². The largest absolute Gasteiger partial charge is 0.478 e. The third-order valence-electron chi connectivity index (χ3n) is 1.08. The molecule has 0 atom stereocenters. The van der Waals surface area contributed by atoms with Crippen LogP contribution in [0.25, 0.3) is 0 Å². The molecule has 0 aliphatic rings. The number of nitrogens with zero attached hydrogens (tertiary/aromatic N) is 2. The van der Waals surface area contributed by atoms with Gasteiger partial charge in [0, 0.05) is 12.3 Å². The molecule has 4 heteroatoms. The number of hydrogen-bond donors (Lipinski definition) is 0. The average Bonchev–Trinajstić information content (AvgIpc) is 2.06. The first kappa shape index (κ1) is 8.33. The van der Waals surface area contributed by atoms with Gasteiger partial charge >= 0.3 is 0 Å². The van der Waals surface area contributed by atoms with E-state index in [2.05, 4.69) is 9.97 Å². The molecule has 0 unspecified atom stereocenters. The minimum atomic E-state index is 0.644. The van der Waals surface area contributed by atoms with Crippen molar-refractivity contribution in [3.05, 3.63) is 12.3 Å². The molecule has 0 fully saturated rings. The lowest BCUT2D eigenvalue weighted by Gasteiger charge is -2.00. The number of ether oxygens (including phenoxy) is 1. The molecule has 1 heterocycles. The molecule has 1 aromatic rings. The Morgan fingerprint density at radius 3 is 3.09 bits per heavy atom. The Kier molecular flexibility index (Phi) is 3.16. The average molecular weight is 170 g/mol. The minimum Gasteiger partial charge on any atom is -0.478 e. The monoisotopic (exact) mass is 170 g/mol. The Hall–Kier alpha value is -0.770. The van der Waals surface area contributed by atoms with E-state index in [9.17, 15) is 0 Å². The Labute approximate surface area is 70.2 Å². The van der Waals surface area contributed by atoms with Crippen molar-refractivity contribution in [1.82, 2.24) is 9.97 Å². The van der Waals surface area contributed by atoms with Crippen molar-refractivity contribution in [3.63, 3.8) is 0 Å². The van der Waals surface area contributed by atoms with Gasteiger partial charge < -0.3 is 4.74 Å². The second-order valence-electron chi connectivity index (χ2n) is 1.81. The van der Waals surface area contributed by atoms with Gasteiger partial charge in [-0.1, -0.05) is 11.8 Å². The summed E-state index contributed by atoms with van der Waals surface area (Å²) in [6.07, 6.45) is 3.63. The second-order valence-corrected chi connectivity index (χ2v) is 2.59. The van der Waals surface area contributed by atoms with E-state index >= 15 is 0 Å². The lowest BCUT2D eigenvalue weighted by atomic mass is 10.6. The van der Waals surface area contributed by atoms with Gasteiger partial charge in [0.1, 0.15) is 0 Å². The summed E-state index contributed by atoms with van der Waals surface area (Å²) in [6, 6.07) is 1.75. The van der Waals surface area contributed by atoms with Crippen LogP contribution in [0.4, 0.5) is 0 Å². The highest BCUT2D eigenvalue weighted by Crippen LogP contribution is 2.11. The van der Waals surface area contributed by atoms with Gasteiger partial charge in [-0.2, -0.15) is 4.98 Å². The molecule has 0 saturated heterocycles. The van der Waals surface area contributed by atoms with E-state index in [1.165, 1.54) is 11.8 Å². The van der Waals surface area contributed by atoms with E-state index < -0.39 is 0 Å². The lowest BCUT2D eigenvalue weighted by molar-refractivity contribution is 0.323. The first-order valence-corrected chi connectivity index (χ1v) is 4.59. The maximum atomic E-state index is 5.18. The van der Waals surface area contributed by atoms with Crippen molar-refractivity contribution in [2.45, 2.75) is 12.1 Å². The molecule has 0 aliphatic heterocycles. The number of aromatic nitrogens is 2. The van der Waals surface area contributed by atoms with Crippen LogP contribution in [0.5, 0.6) is 5.88 Å². The molecule has 0 amide bonds. The van der Waals surface area contributed by atoms with Gasteiger partial charge in [0.25, 0.3) is 0 Å². The summed E-state index contributed by atoms with van der Waals surface area (Å²) in [5.41, 5.74) is 0. The summed E-state index contributed by atoms with van der Waals surface area (Å²) in [5.74, 6) is 0.645. The number of thioether (sulfide) groups is 1. The van der Waals surface area contributed by atoms with Crippen LogP contribution in [0.15, 0.2) is 17.4 Å². The Balaban J connectivity index is 2.74. The Morgan fingerprint density at radius 2 is 2.45 bits per heavy atom. The van der Waals surface area contributed by atoms with E-state index in [4.69, 9.17) is 4.74 Å². The van der Waals surface area contributed by atoms with E-state index in [0.717, 1.165) is 5.16 Å². The zero-order valence-corrected chi connectivity index (χ0v) is 7.39. The molecule has 0 aromatic carbocycles. The highest BCUT2D eigenvalue weighted by atomic mass is 32.2. The molecule has 0 N–H and O–H groups in total. The SMILES string of the molecule is CCOc1ccnc(SC)n1. The predicted molar refractivity (Wildman–Crippen MR) is 45.0 cm³/mol. The first-order valence-electron chi connectivity index (χ1n) is 3.36. The fourth-order valence-corrected chi connectivity index (χ4v) is 0.999. The van der Waals surface area contributed by atoms with Crippen molar-refractivity contribution in [2.75, 3.05) is 12.9 Å². The Bertz CT molecular complexity index is 229. The minimum absolute atomic E-state index is 0.644. The third-order valence-corrected chi connectivity index (χ3v) is 1.64. The van der Waals surface area contributed by atoms with Crippen LogP contribution in [0.3, 0.4) is 0 Å². The molecule has 0 aliphatic carbocycles. The van der Waals surface area contributed by atoms with Gasteiger partial charge in [-0.3, -0.25) is 0 Å². The lowest BCUT2D eigenvalue weighted by Crippen LogP contribution is -1.95. The summed E-state index contributed by atoms with van der Waals surface area (Å²) in [4.78, 5) is 8.12. The zero-order chi connectivity index (χ0) is 8.10. The predicted octanol–water partition coefficient (Wildman–Crippen LogP) is 1.60. The summed E-state index contributed by atoms with van der Waals surface area (Å²) >= 11 is 1.51. The van der Waals surface area contributed by atoms with Gasteiger partial charge in [0.2, 0.25) is 5.88 Å². The number of hydrogen-bond acceptors (Lipinski definition) is 4. The van der Waals surface area contributed by atoms with Crippen molar-refractivity contribution in [3.8, 4) is 5.88 Å². The molecule has 3 nitrogen and oxygen atoms in total. The zero-order valence-electron chi connectivity index (χ0n) is 6.57. The highest BCUT2D eigenvalue weighted by molar-refractivity contribution is 7.98. The van der Waals surface area contributed by atoms with Crippen LogP contribution < -0.4 is 4.74 Å². The normalized spacial score (nSPS) is 9.64. The van der Waals surface area contributed by atoms with Gasteiger partial charge in [0.15, 0.2) is 5.16 Å². The van der Waals surface area contributed by atoms with Crippen LogP contribution in [-0.4, -0.2) is 22.8 Å². The molecule has 0 radical (unpaired) electrons. The van der Waals surface area contributed by atoms with Crippen molar-refractivity contribution < 1.29 is 4.74 Å².